The Hall–Kier alpha value is -2.80. The highest BCUT2D eigenvalue weighted by atomic mass is 32.1. The summed E-state index contributed by atoms with van der Waals surface area (Å²) in [7, 11) is 0. The van der Waals surface area contributed by atoms with Crippen molar-refractivity contribution in [1.29, 1.82) is 0 Å². The van der Waals surface area contributed by atoms with E-state index in [0.29, 0.717) is 4.80 Å². The number of carbonyl (C=O) groups is 2. The van der Waals surface area contributed by atoms with Gasteiger partial charge in [0.05, 0.1) is 22.4 Å². The number of carbonyl (C=O) groups excluding carboxylic acids is 2. The Bertz CT molecular complexity index is 1070. The van der Waals surface area contributed by atoms with Crippen molar-refractivity contribution in [3.8, 4) is 0 Å². The van der Waals surface area contributed by atoms with Crippen molar-refractivity contribution in [3.63, 3.8) is 0 Å². The molecular formula is C20H19FN2O3S. The second kappa shape index (κ2) is 8.26. The van der Waals surface area contributed by atoms with Gasteiger partial charge in [0.2, 0.25) is 0 Å². The molecule has 0 unspecified atom stereocenters. The molecule has 0 aliphatic heterocycles. The van der Waals surface area contributed by atoms with Gasteiger partial charge in [-0.15, -0.1) is 0 Å². The molecule has 1 heterocycles. The standard InChI is InChI=1S/C20H19FN2O3S/c1-3-13-9-10-16-17(11-13)27-20(23(16)12-18(24)26-4-2)22-19(25)14-7-5-6-8-15(14)21/h5-11H,3-4,12H2,1-2H3. The molecule has 0 radical (unpaired) electrons. The fraction of sp³-hybridized carbons (Fsp3) is 0.250. The summed E-state index contributed by atoms with van der Waals surface area (Å²) in [5.74, 6) is -1.73. The second-order valence-electron chi connectivity index (χ2n) is 5.83. The van der Waals surface area contributed by atoms with Gasteiger partial charge < -0.3 is 9.30 Å². The number of aromatic nitrogens is 1. The number of esters is 1. The minimum absolute atomic E-state index is 0.0668. The molecule has 0 aliphatic carbocycles. The number of nitrogens with zero attached hydrogens (tertiary/aromatic N) is 2. The number of hydrogen-bond acceptors (Lipinski definition) is 4. The van der Waals surface area contributed by atoms with Crippen LogP contribution in [0.25, 0.3) is 10.2 Å². The summed E-state index contributed by atoms with van der Waals surface area (Å²) in [6.07, 6.45) is 0.867. The highest BCUT2D eigenvalue weighted by Gasteiger charge is 2.14. The minimum atomic E-state index is -0.687. The van der Waals surface area contributed by atoms with E-state index in [1.54, 1.807) is 17.6 Å². The Morgan fingerprint density at radius 3 is 2.67 bits per heavy atom. The Morgan fingerprint density at radius 2 is 1.96 bits per heavy atom. The lowest BCUT2D eigenvalue weighted by Gasteiger charge is -2.05. The Kier molecular flexibility index (Phi) is 5.81. The lowest BCUT2D eigenvalue weighted by Crippen LogP contribution is -2.23. The maximum Gasteiger partial charge on any atom is 0.326 e. The summed E-state index contributed by atoms with van der Waals surface area (Å²) in [4.78, 5) is 28.9. The van der Waals surface area contributed by atoms with Crippen LogP contribution >= 0.6 is 11.3 Å². The smallest absolute Gasteiger partial charge is 0.326 e. The quantitative estimate of drug-likeness (QED) is 0.628. The van der Waals surface area contributed by atoms with E-state index >= 15 is 0 Å². The number of halogens is 1. The lowest BCUT2D eigenvalue weighted by atomic mass is 10.2. The molecule has 0 atom stereocenters. The topological polar surface area (TPSA) is 60.7 Å². The molecule has 0 spiro atoms. The second-order valence-corrected chi connectivity index (χ2v) is 6.84. The van der Waals surface area contributed by atoms with Crippen molar-refractivity contribution in [3.05, 3.63) is 64.2 Å². The van der Waals surface area contributed by atoms with Gasteiger partial charge in [0.15, 0.2) is 4.80 Å². The number of ether oxygens (including phenoxy) is 1. The molecule has 3 rings (SSSR count). The number of thiazole rings is 1. The first-order valence-electron chi connectivity index (χ1n) is 8.65. The van der Waals surface area contributed by atoms with Gasteiger partial charge in [-0.1, -0.05) is 36.5 Å². The highest BCUT2D eigenvalue weighted by Crippen LogP contribution is 2.20. The van der Waals surface area contributed by atoms with Crippen LogP contribution in [0.4, 0.5) is 4.39 Å². The molecule has 0 saturated carbocycles. The van der Waals surface area contributed by atoms with Crippen LogP contribution in [0.2, 0.25) is 0 Å². The summed E-state index contributed by atoms with van der Waals surface area (Å²) in [6.45, 7) is 3.98. The SMILES string of the molecule is CCOC(=O)Cn1c(=NC(=O)c2ccccc2F)sc2cc(CC)ccc21. The molecule has 0 aliphatic rings. The maximum atomic E-state index is 13.9. The Morgan fingerprint density at radius 1 is 1.19 bits per heavy atom. The Balaban J connectivity index is 2.13. The van der Waals surface area contributed by atoms with Gasteiger partial charge in [-0.25, -0.2) is 4.39 Å². The van der Waals surface area contributed by atoms with E-state index in [9.17, 15) is 14.0 Å². The van der Waals surface area contributed by atoms with Crippen LogP contribution in [0.1, 0.15) is 29.8 Å². The highest BCUT2D eigenvalue weighted by molar-refractivity contribution is 7.16. The van der Waals surface area contributed by atoms with E-state index in [2.05, 4.69) is 11.9 Å². The Labute approximate surface area is 159 Å². The van der Waals surface area contributed by atoms with E-state index in [1.807, 2.05) is 18.2 Å². The van der Waals surface area contributed by atoms with Crippen LogP contribution in [0.15, 0.2) is 47.5 Å². The molecule has 1 amide bonds. The number of aryl methyl sites for hydroxylation is 1. The molecule has 3 aromatic rings. The van der Waals surface area contributed by atoms with Gasteiger partial charge in [-0.2, -0.15) is 4.99 Å². The monoisotopic (exact) mass is 386 g/mol. The number of rotatable bonds is 5. The number of benzene rings is 2. The lowest BCUT2D eigenvalue weighted by molar-refractivity contribution is -0.143. The van der Waals surface area contributed by atoms with E-state index in [4.69, 9.17) is 4.74 Å². The molecule has 1 aromatic heterocycles. The third-order valence-corrected chi connectivity index (χ3v) is 5.09. The fourth-order valence-electron chi connectivity index (χ4n) is 2.69. The van der Waals surface area contributed by atoms with E-state index in [1.165, 1.54) is 29.5 Å². The van der Waals surface area contributed by atoms with Gasteiger partial charge in [0.1, 0.15) is 12.4 Å². The summed E-state index contributed by atoms with van der Waals surface area (Å²) in [5, 5.41) is 0. The zero-order valence-corrected chi connectivity index (χ0v) is 15.9. The maximum absolute atomic E-state index is 13.9. The molecule has 27 heavy (non-hydrogen) atoms. The van der Waals surface area contributed by atoms with E-state index in [-0.39, 0.29) is 18.7 Å². The molecule has 5 nitrogen and oxygen atoms in total. The van der Waals surface area contributed by atoms with Crippen LogP contribution in [-0.2, 0) is 22.5 Å². The van der Waals surface area contributed by atoms with Crippen molar-refractivity contribution in [1.82, 2.24) is 4.57 Å². The number of hydrogen-bond donors (Lipinski definition) is 0. The van der Waals surface area contributed by atoms with Crippen LogP contribution in [0.5, 0.6) is 0 Å². The summed E-state index contributed by atoms with van der Waals surface area (Å²) >= 11 is 1.29. The summed E-state index contributed by atoms with van der Waals surface area (Å²) in [6, 6.07) is 11.6. The van der Waals surface area contributed by atoms with Crippen LogP contribution < -0.4 is 4.80 Å². The molecular weight excluding hydrogens is 367 g/mol. The summed E-state index contributed by atoms with van der Waals surface area (Å²) < 4.78 is 21.5. The average Bonchev–Trinajstić information content (AvgIpc) is 2.98. The molecule has 140 valence electrons. The van der Waals surface area contributed by atoms with E-state index < -0.39 is 17.7 Å². The van der Waals surface area contributed by atoms with Crippen molar-refractivity contribution in [2.75, 3.05) is 6.61 Å². The number of fused-ring (bicyclic) bond motifs is 1. The van der Waals surface area contributed by atoms with Crippen LogP contribution in [0, 0.1) is 5.82 Å². The van der Waals surface area contributed by atoms with Crippen LogP contribution in [-0.4, -0.2) is 23.1 Å². The molecule has 7 heteroatoms. The zero-order valence-electron chi connectivity index (χ0n) is 15.1. The van der Waals surface area contributed by atoms with Gasteiger partial charge in [-0.3, -0.25) is 9.59 Å². The predicted octanol–water partition coefficient (Wildman–Crippen LogP) is 3.71. The van der Waals surface area contributed by atoms with Crippen molar-refractivity contribution < 1.29 is 18.7 Å². The molecule has 0 saturated heterocycles. The van der Waals surface area contributed by atoms with Gasteiger partial charge in [-0.05, 0) is 43.2 Å². The van der Waals surface area contributed by atoms with Crippen molar-refractivity contribution >= 4 is 33.4 Å². The van der Waals surface area contributed by atoms with Gasteiger partial charge in [0, 0.05) is 0 Å². The fourth-order valence-corrected chi connectivity index (χ4v) is 3.78. The summed E-state index contributed by atoms with van der Waals surface area (Å²) in [5.41, 5.74) is 1.82. The molecule has 0 fully saturated rings. The van der Waals surface area contributed by atoms with Gasteiger partial charge >= 0.3 is 5.97 Å². The minimum Gasteiger partial charge on any atom is -0.465 e. The molecule has 2 aromatic carbocycles. The number of amides is 1. The normalized spacial score (nSPS) is 11.7. The van der Waals surface area contributed by atoms with Crippen molar-refractivity contribution in [2.24, 2.45) is 4.99 Å². The van der Waals surface area contributed by atoms with Gasteiger partial charge in [0.25, 0.3) is 5.91 Å². The van der Waals surface area contributed by atoms with Crippen LogP contribution in [0.3, 0.4) is 0 Å². The largest absolute Gasteiger partial charge is 0.465 e. The first-order chi connectivity index (χ1) is 13.0. The van der Waals surface area contributed by atoms with Crippen molar-refractivity contribution in [2.45, 2.75) is 26.8 Å². The first kappa shape index (κ1) is 19.0. The first-order valence-corrected chi connectivity index (χ1v) is 9.46. The third-order valence-electron chi connectivity index (χ3n) is 4.05. The average molecular weight is 386 g/mol. The molecule has 0 N–H and O–H groups in total. The third kappa shape index (κ3) is 4.14. The predicted molar refractivity (Wildman–Crippen MR) is 102 cm³/mol. The zero-order chi connectivity index (χ0) is 19.4. The molecule has 0 bridgehead atoms. The van der Waals surface area contributed by atoms with E-state index in [0.717, 1.165) is 22.2 Å².